The molecule has 0 aromatic heterocycles. The third kappa shape index (κ3) is 5.48. The maximum absolute atomic E-state index is 12.8. The molecule has 2 saturated carbocycles. The molecule has 158 valence electrons. The molecule has 2 fully saturated rings. The normalized spacial score (nSPS) is 16.9. The molecule has 2 aliphatic rings. The molecule has 1 unspecified atom stereocenters. The first kappa shape index (κ1) is 20.6. The lowest BCUT2D eigenvalue weighted by atomic mass is 10.0. The highest BCUT2D eigenvalue weighted by Gasteiger charge is 2.34. The van der Waals surface area contributed by atoms with Gasteiger partial charge in [0.1, 0.15) is 6.54 Å². The van der Waals surface area contributed by atoms with Crippen molar-refractivity contribution in [2.45, 2.75) is 64.1 Å². The second-order valence-corrected chi connectivity index (χ2v) is 9.02. The predicted molar refractivity (Wildman–Crippen MR) is 119 cm³/mol. The van der Waals surface area contributed by atoms with Crippen LogP contribution in [0.4, 0.5) is 5.69 Å². The maximum atomic E-state index is 12.8. The van der Waals surface area contributed by atoms with Crippen molar-refractivity contribution in [2.75, 3.05) is 11.9 Å². The van der Waals surface area contributed by atoms with Crippen LogP contribution in [0.5, 0.6) is 0 Å². The van der Waals surface area contributed by atoms with Crippen LogP contribution in [0.1, 0.15) is 66.9 Å². The minimum atomic E-state index is -0.106. The van der Waals surface area contributed by atoms with Crippen LogP contribution >= 0.6 is 0 Å². The average Bonchev–Trinajstić information content (AvgIpc) is 3.62. The summed E-state index contributed by atoms with van der Waals surface area (Å²) >= 11 is 0. The van der Waals surface area contributed by atoms with E-state index in [4.69, 9.17) is 0 Å². The molecule has 2 aromatic carbocycles. The third-order valence-electron chi connectivity index (χ3n) is 5.98. The Bertz CT molecular complexity index is 899. The molecule has 4 rings (SSSR count). The lowest BCUT2D eigenvalue weighted by Crippen LogP contribution is -3.13. The van der Waals surface area contributed by atoms with Gasteiger partial charge in [0.05, 0.1) is 17.3 Å². The molecule has 2 aliphatic carbocycles. The number of carbonyl (C=O) groups excluding carboxylic acids is 2. The summed E-state index contributed by atoms with van der Waals surface area (Å²) in [5.41, 5.74) is 3.73. The molecule has 30 heavy (non-hydrogen) atoms. The SMILES string of the molecule is CC(C)c1ccc(C[NH+](CC(=O)Nc2ccccc2C(=O)NC2CC2)C2CC2)cc1. The van der Waals surface area contributed by atoms with E-state index >= 15 is 0 Å². The van der Waals surface area contributed by atoms with E-state index in [1.54, 1.807) is 12.1 Å². The van der Waals surface area contributed by atoms with Gasteiger partial charge in [0, 0.05) is 24.4 Å². The zero-order chi connectivity index (χ0) is 21.1. The molecule has 0 heterocycles. The molecule has 0 bridgehead atoms. The lowest BCUT2D eigenvalue weighted by molar-refractivity contribution is -0.916. The molecule has 0 spiro atoms. The largest absolute Gasteiger partial charge is 0.349 e. The van der Waals surface area contributed by atoms with Gasteiger partial charge >= 0.3 is 0 Å². The monoisotopic (exact) mass is 406 g/mol. The molecule has 2 aromatic rings. The van der Waals surface area contributed by atoms with Crippen molar-refractivity contribution in [3.05, 3.63) is 65.2 Å². The quantitative estimate of drug-likeness (QED) is 0.600. The first-order valence-corrected chi connectivity index (χ1v) is 11.1. The summed E-state index contributed by atoms with van der Waals surface area (Å²) in [6.07, 6.45) is 4.43. The Morgan fingerprint density at radius 2 is 1.70 bits per heavy atom. The van der Waals surface area contributed by atoms with Crippen LogP contribution in [0, 0.1) is 0 Å². The van der Waals surface area contributed by atoms with Gasteiger partial charge in [-0.3, -0.25) is 9.59 Å². The average molecular weight is 407 g/mol. The van der Waals surface area contributed by atoms with Gasteiger partial charge in [0.2, 0.25) is 0 Å². The summed E-state index contributed by atoms with van der Waals surface area (Å²) in [4.78, 5) is 26.6. The summed E-state index contributed by atoms with van der Waals surface area (Å²) in [6.45, 7) is 5.66. The van der Waals surface area contributed by atoms with E-state index in [-0.39, 0.29) is 17.9 Å². The number of carbonyl (C=O) groups is 2. The van der Waals surface area contributed by atoms with Gasteiger partial charge in [0.15, 0.2) is 6.54 Å². The Kier molecular flexibility index (Phi) is 6.18. The minimum absolute atomic E-state index is 0.0395. The zero-order valence-electron chi connectivity index (χ0n) is 17.9. The smallest absolute Gasteiger partial charge is 0.279 e. The Balaban J connectivity index is 1.39. The second-order valence-electron chi connectivity index (χ2n) is 9.02. The molecular formula is C25H32N3O2+. The summed E-state index contributed by atoms with van der Waals surface area (Å²) in [6, 6.07) is 16.9. The summed E-state index contributed by atoms with van der Waals surface area (Å²) in [5.74, 6) is 0.376. The van der Waals surface area contributed by atoms with Gasteiger partial charge in [-0.1, -0.05) is 50.2 Å². The van der Waals surface area contributed by atoms with Crippen LogP contribution in [0.25, 0.3) is 0 Å². The van der Waals surface area contributed by atoms with Crippen LogP contribution in [0.3, 0.4) is 0 Å². The van der Waals surface area contributed by atoms with E-state index in [0.717, 1.165) is 19.4 Å². The van der Waals surface area contributed by atoms with Crippen LogP contribution in [0.15, 0.2) is 48.5 Å². The first-order chi connectivity index (χ1) is 14.5. The zero-order valence-corrected chi connectivity index (χ0v) is 17.9. The van der Waals surface area contributed by atoms with Gasteiger partial charge in [-0.2, -0.15) is 0 Å². The molecule has 1 atom stereocenters. The minimum Gasteiger partial charge on any atom is -0.349 e. The van der Waals surface area contributed by atoms with E-state index < -0.39 is 0 Å². The molecule has 0 saturated heterocycles. The number of hydrogen-bond acceptors (Lipinski definition) is 2. The summed E-state index contributed by atoms with van der Waals surface area (Å²) < 4.78 is 0. The predicted octanol–water partition coefficient (Wildman–Crippen LogP) is 2.89. The number of benzene rings is 2. The molecule has 5 nitrogen and oxygen atoms in total. The Morgan fingerprint density at radius 1 is 1.00 bits per heavy atom. The highest BCUT2D eigenvalue weighted by Crippen LogP contribution is 2.22. The van der Waals surface area contributed by atoms with E-state index in [2.05, 4.69) is 48.7 Å². The second kappa shape index (κ2) is 9.00. The fourth-order valence-corrected chi connectivity index (χ4v) is 3.81. The number of para-hydroxylation sites is 1. The fraction of sp³-hybridized carbons (Fsp3) is 0.440. The molecule has 2 amide bonds. The number of amides is 2. The standard InChI is InChI=1S/C25H31N3O2/c1-17(2)19-9-7-18(8-10-19)15-28(21-13-14-21)16-24(29)27-23-6-4-3-5-22(23)25(30)26-20-11-12-20/h3-10,17,20-21H,11-16H2,1-2H3,(H,26,30)(H,27,29)/p+1. The van der Waals surface area contributed by atoms with Crippen molar-refractivity contribution in [1.29, 1.82) is 0 Å². The Labute approximate surface area is 178 Å². The van der Waals surface area contributed by atoms with E-state index in [0.29, 0.717) is 29.8 Å². The highest BCUT2D eigenvalue weighted by molar-refractivity contribution is 6.04. The Morgan fingerprint density at radius 3 is 2.33 bits per heavy atom. The number of anilines is 1. The number of quaternary nitrogens is 1. The fourth-order valence-electron chi connectivity index (χ4n) is 3.81. The number of nitrogens with one attached hydrogen (secondary N) is 3. The van der Waals surface area contributed by atoms with E-state index in [9.17, 15) is 9.59 Å². The van der Waals surface area contributed by atoms with E-state index in [1.807, 2.05) is 12.1 Å². The third-order valence-corrected chi connectivity index (χ3v) is 5.98. The van der Waals surface area contributed by atoms with E-state index in [1.165, 1.54) is 28.9 Å². The number of hydrogen-bond donors (Lipinski definition) is 3. The molecule has 0 radical (unpaired) electrons. The van der Waals surface area contributed by atoms with Crippen molar-refractivity contribution in [3.8, 4) is 0 Å². The molecule has 0 aliphatic heterocycles. The number of rotatable bonds is 9. The topological polar surface area (TPSA) is 62.6 Å². The van der Waals surface area contributed by atoms with Gasteiger partial charge in [-0.05, 0) is 36.5 Å². The van der Waals surface area contributed by atoms with Crippen LogP contribution in [-0.2, 0) is 11.3 Å². The van der Waals surface area contributed by atoms with Crippen molar-refractivity contribution >= 4 is 17.5 Å². The molecular weight excluding hydrogens is 374 g/mol. The van der Waals surface area contributed by atoms with Gasteiger partial charge in [-0.15, -0.1) is 0 Å². The Hall–Kier alpha value is -2.66. The van der Waals surface area contributed by atoms with Crippen LogP contribution < -0.4 is 15.5 Å². The van der Waals surface area contributed by atoms with Crippen molar-refractivity contribution in [2.24, 2.45) is 0 Å². The van der Waals surface area contributed by atoms with Crippen molar-refractivity contribution in [3.63, 3.8) is 0 Å². The van der Waals surface area contributed by atoms with Crippen LogP contribution in [0.2, 0.25) is 0 Å². The van der Waals surface area contributed by atoms with Gasteiger partial charge in [0.25, 0.3) is 11.8 Å². The molecule has 5 heteroatoms. The summed E-state index contributed by atoms with van der Waals surface area (Å²) in [7, 11) is 0. The van der Waals surface area contributed by atoms with Gasteiger partial charge in [-0.25, -0.2) is 0 Å². The van der Waals surface area contributed by atoms with Gasteiger partial charge < -0.3 is 15.5 Å². The maximum Gasteiger partial charge on any atom is 0.279 e. The van der Waals surface area contributed by atoms with Crippen molar-refractivity contribution in [1.82, 2.24) is 5.32 Å². The molecule has 3 N–H and O–H groups in total. The lowest BCUT2D eigenvalue weighted by Gasteiger charge is -2.20. The first-order valence-electron chi connectivity index (χ1n) is 11.1. The highest BCUT2D eigenvalue weighted by atomic mass is 16.2. The van der Waals surface area contributed by atoms with Crippen LogP contribution in [-0.4, -0.2) is 30.4 Å². The van der Waals surface area contributed by atoms with Crippen molar-refractivity contribution < 1.29 is 14.5 Å². The summed E-state index contributed by atoms with van der Waals surface area (Å²) in [5, 5.41) is 5.99.